The molecule has 2 N–H and O–H groups in total. The molecule has 0 aromatic carbocycles. The van der Waals surface area contributed by atoms with E-state index >= 15 is 0 Å². The molecule has 2 aliphatic rings. The van der Waals surface area contributed by atoms with E-state index in [1.54, 1.807) is 6.92 Å². The predicted octanol–water partition coefficient (Wildman–Crippen LogP) is 0.711. The highest BCUT2D eigenvalue weighted by molar-refractivity contribution is 5.82. The van der Waals surface area contributed by atoms with Crippen LogP contribution in [-0.4, -0.2) is 61.2 Å². The van der Waals surface area contributed by atoms with Crippen LogP contribution in [0.2, 0.25) is 0 Å². The molecule has 0 aromatic rings. The summed E-state index contributed by atoms with van der Waals surface area (Å²) in [5, 5.41) is 12.0. The molecule has 2 unspecified atom stereocenters. The number of nitrogens with one attached hydrogen (secondary N) is 1. The number of ether oxygens (including phenoxy) is 3. The van der Waals surface area contributed by atoms with Gasteiger partial charge in [-0.1, -0.05) is 0 Å². The fourth-order valence-electron chi connectivity index (χ4n) is 2.86. The third-order valence-electron chi connectivity index (χ3n) is 4.25. The van der Waals surface area contributed by atoms with E-state index < -0.39 is 17.6 Å². The number of carboxylic acids is 1. The number of rotatable bonds is 7. The van der Waals surface area contributed by atoms with E-state index in [4.69, 9.17) is 19.3 Å². The van der Waals surface area contributed by atoms with Crippen LogP contribution in [0.5, 0.6) is 0 Å². The van der Waals surface area contributed by atoms with Crippen LogP contribution in [-0.2, 0) is 23.8 Å². The van der Waals surface area contributed by atoms with E-state index in [9.17, 15) is 9.59 Å². The van der Waals surface area contributed by atoms with Crippen molar-refractivity contribution in [3.63, 3.8) is 0 Å². The maximum atomic E-state index is 12.3. The highest BCUT2D eigenvalue weighted by atomic mass is 16.5. The van der Waals surface area contributed by atoms with Crippen molar-refractivity contribution in [2.24, 2.45) is 0 Å². The maximum absolute atomic E-state index is 12.3. The van der Waals surface area contributed by atoms with Crippen molar-refractivity contribution in [1.29, 1.82) is 0 Å². The van der Waals surface area contributed by atoms with Crippen LogP contribution in [0, 0.1) is 0 Å². The first-order valence-electron chi connectivity index (χ1n) is 7.85. The van der Waals surface area contributed by atoms with E-state index in [1.807, 2.05) is 0 Å². The Balaban J connectivity index is 1.84. The fourth-order valence-corrected chi connectivity index (χ4v) is 2.86. The van der Waals surface area contributed by atoms with Gasteiger partial charge in [0.25, 0.3) is 0 Å². The Morgan fingerprint density at radius 3 is 2.68 bits per heavy atom. The zero-order valence-electron chi connectivity index (χ0n) is 13.0. The normalized spacial score (nSPS) is 25.6. The number of amides is 1. The minimum Gasteiger partial charge on any atom is -0.481 e. The molecule has 7 heteroatoms. The second kappa shape index (κ2) is 7.89. The van der Waals surface area contributed by atoms with Gasteiger partial charge in [-0.3, -0.25) is 9.59 Å². The van der Waals surface area contributed by atoms with Crippen molar-refractivity contribution in [3.8, 4) is 0 Å². The lowest BCUT2D eigenvalue weighted by atomic mass is 9.86. The first-order valence-corrected chi connectivity index (χ1v) is 7.85. The van der Waals surface area contributed by atoms with Gasteiger partial charge in [-0.15, -0.1) is 0 Å². The number of aliphatic carboxylic acids is 1. The van der Waals surface area contributed by atoms with Crippen molar-refractivity contribution in [2.45, 2.75) is 56.8 Å². The van der Waals surface area contributed by atoms with Gasteiger partial charge in [0, 0.05) is 19.8 Å². The highest BCUT2D eigenvalue weighted by Gasteiger charge is 2.37. The minimum absolute atomic E-state index is 0.0614. The number of hydrogen-bond donors (Lipinski definition) is 2. The summed E-state index contributed by atoms with van der Waals surface area (Å²) < 4.78 is 16.3. The molecule has 0 saturated carbocycles. The Hall–Kier alpha value is -1.18. The zero-order chi connectivity index (χ0) is 16.0. The molecule has 0 spiro atoms. The Kier molecular flexibility index (Phi) is 6.16. The third-order valence-corrected chi connectivity index (χ3v) is 4.25. The van der Waals surface area contributed by atoms with Gasteiger partial charge in [0.2, 0.25) is 5.91 Å². The average molecular weight is 315 g/mol. The molecule has 22 heavy (non-hydrogen) atoms. The van der Waals surface area contributed by atoms with Gasteiger partial charge in [-0.05, 0) is 32.6 Å². The van der Waals surface area contributed by atoms with Crippen molar-refractivity contribution in [3.05, 3.63) is 0 Å². The molecule has 7 nitrogen and oxygen atoms in total. The smallest absolute Gasteiger partial charge is 0.305 e. The SMILES string of the molecule is CC(OCC1CCCO1)C(=O)NC1(CC(=O)O)CCOCC1. The number of hydrogen-bond acceptors (Lipinski definition) is 5. The summed E-state index contributed by atoms with van der Waals surface area (Å²) >= 11 is 0. The summed E-state index contributed by atoms with van der Waals surface area (Å²) in [6.07, 6.45) is 2.32. The number of carbonyl (C=O) groups excluding carboxylic acids is 1. The summed E-state index contributed by atoms with van der Waals surface area (Å²) in [5.74, 6) is -1.20. The summed E-state index contributed by atoms with van der Waals surface area (Å²) in [5.41, 5.74) is -0.733. The lowest BCUT2D eigenvalue weighted by molar-refractivity contribution is -0.142. The molecule has 2 aliphatic heterocycles. The van der Waals surface area contributed by atoms with Gasteiger partial charge in [-0.2, -0.15) is 0 Å². The van der Waals surface area contributed by atoms with Crippen LogP contribution in [0.1, 0.15) is 39.0 Å². The molecule has 2 heterocycles. The molecule has 2 rings (SSSR count). The lowest BCUT2D eigenvalue weighted by Gasteiger charge is -2.37. The van der Waals surface area contributed by atoms with Crippen molar-refractivity contribution >= 4 is 11.9 Å². The van der Waals surface area contributed by atoms with E-state index in [-0.39, 0.29) is 18.4 Å². The third kappa shape index (κ3) is 4.93. The topological polar surface area (TPSA) is 94.1 Å². The highest BCUT2D eigenvalue weighted by Crippen LogP contribution is 2.25. The number of carbonyl (C=O) groups is 2. The molecular weight excluding hydrogens is 290 g/mol. The van der Waals surface area contributed by atoms with E-state index in [0.29, 0.717) is 32.7 Å². The maximum Gasteiger partial charge on any atom is 0.305 e. The van der Waals surface area contributed by atoms with Crippen LogP contribution in [0.3, 0.4) is 0 Å². The first kappa shape index (κ1) is 17.2. The average Bonchev–Trinajstić information content (AvgIpc) is 2.97. The van der Waals surface area contributed by atoms with E-state index in [2.05, 4.69) is 5.32 Å². The molecule has 2 atom stereocenters. The molecule has 2 saturated heterocycles. The second-order valence-electron chi connectivity index (χ2n) is 6.06. The van der Waals surface area contributed by atoms with Crippen molar-refractivity contribution in [2.75, 3.05) is 26.4 Å². The monoisotopic (exact) mass is 315 g/mol. The van der Waals surface area contributed by atoms with Crippen LogP contribution in [0.25, 0.3) is 0 Å². The number of carboxylic acid groups (broad SMARTS) is 1. The lowest BCUT2D eigenvalue weighted by Crippen LogP contribution is -2.55. The molecule has 0 aromatic heterocycles. The van der Waals surface area contributed by atoms with Gasteiger partial charge >= 0.3 is 5.97 Å². The summed E-state index contributed by atoms with van der Waals surface area (Å²) in [7, 11) is 0. The van der Waals surface area contributed by atoms with Gasteiger partial charge in [-0.25, -0.2) is 0 Å². The predicted molar refractivity (Wildman–Crippen MR) is 77.6 cm³/mol. The quantitative estimate of drug-likeness (QED) is 0.718. The largest absolute Gasteiger partial charge is 0.481 e. The Labute approximate surface area is 130 Å². The standard InChI is InChI=1S/C15H25NO6/c1-11(22-10-12-3-2-6-21-12)14(19)16-15(9-13(17)18)4-7-20-8-5-15/h11-12H,2-10H2,1H3,(H,16,19)(H,17,18). The molecule has 0 radical (unpaired) electrons. The molecule has 126 valence electrons. The Bertz CT molecular complexity index is 387. The van der Waals surface area contributed by atoms with Crippen LogP contribution in [0.4, 0.5) is 0 Å². The van der Waals surface area contributed by atoms with Crippen molar-refractivity contribution < 1.29 is 28.9 Å². The van der Waals surface area contributed by atoms with Crippen LogP contribution < -0.4 is 5.32 Å². The first-order chi connectivity index (χ1) is 10.5. The molecule has 2 fully saturated rings. The summed E-state index contributed by atoms with van der Waals surface area (Å²) in [4.78, 5) is 23.4. The van der Waals surface area contributed by atoms with E-state index in [1.165, 1.54) is 0 Å². The van der Waals surface area contributed by atoms with Crippen LogP contribution in [0.15, 0.2) is 0 Å². The van der Waals surface area contributed by atoms with Gasteiger partial charge < -0.3 is 24.6 Å². The summed E-state index contributed by atoms with van der Waals surface area (Å²) in [6.45, 7) is 3.73. The second-order valence-corrected chi connectivity index (χ2v) is 6.06. The minimum atomic E-state index is -0.921. The summed E-state index contributed by atoms with van der Waals surface area (Å²) in [6, 6.07) is 0. The zero-order valence-corrected chi connectivity index (χ0v) is 13.0. The molecule has 1 amide bonds. The molecule has 0 bridgehead atoms. The Morgan fingerprint density at radius 2 is 2.09 bits per heavy atom. The van der Waals surface area contributed by atoms with Gasteiger partial charge in [0.1, 0.15) is 6.10 Å². The van der Waals surface area contributed by atoms with Crippen molar-refractivity contribution in [1.82, 2.24) is 5.32 Å². The fraction of sp³-hybridized carbons (Fsp3) is 0.867. The van der Waals surface area contributed by atoms with Gasteiger partial charge in [0.05, 0.1) is 24.7 Å². The van der Waals surface area contributed by atoms with Crippen LogP contribution >= 0.6 is 0 Å². The van der Waals surface area contributed by atoms with Gasteiger partial charge in [0.15, 0.2) is 0 Å². The Morgan fingerprint density at radius 1 is 1.36 bits per heavy atom. The van der Waals surface area contributed by atoms with E-state index in [0.717, 1.165) is 19.4 Å². The molecule has 0 aliphatic carbocycles. The molecular formula is C15H25NO6.